The van der Waals surface area contributed by atoms with Crippen molar-refractivity contribution in [3.8, 4) is 0 Å². The average Bonchev–Trinajstić information content (AvgIpc) is 2.87. The van der Waals surface area contributed by atoms with Gasteiger partial charge in [-0.3, -0.25) is 14.0 Å². The molecule has 2 rings (SSSR count). The highest BCUT2D eigenvalue weighted by atomic mass is 16.2. The van der Waals surface area contributed by atoms with Gasteiger partial charge in [0.05, 0.1) is 6.54 Å². The Morgan fingerprint density at radius 1 is 1.33 bits per heavy atom. The lowest BCUT2D eigenvalue weighted by Crippen LogP contribution is -2.39. The second kappa shape index (κ2) is 6.39. The van der Waals surface area contributed by atoms with E-state index in [0.29, 0.717) is 30.2 Å². The van der Waals surface area contributed by atoms with Crippen LogP contribution in [-0.4, -0.2) is 53.2 Å². The lowest BCUT2D eigenvalue weighted by molar-refractivity contribution is -0.129. The molecule has 0 aromatic carbocycles. The Labute approximate surface area is 124 Å². The van der Waals surface area contributed by atoms with Crippen LogP contribution < -0.4 is 4.90 Å². The third-order valence-electron chi connectivity index (χ3n) is 3.51. The number of hydrogen-bond donors (Lipinski definition) is 0. The Morgan fingerprint density at radius 3 is 2.67 bits per heavy atom. The summed E-state index contributed by atoms with van der Waals surface area (Å²) in [5.41, 5.74) is 1.15. The summed E-state index contributed by atoms with van der Waals surface area (Å²) in [7, 11) is 1.77. The number of nitrogens with zero attached hydrogens (tertiary/aromatic N) is 4. The minimum atomic E-state index is 0.0244. The molecule has 0 spiro atoms. The van der Waals surface area contributed by atoms with Crippen LogP contribution in [0.2, 0.25) is 0 Å². The third kappa shape index (κ3) is 2.89. The molecule has 0 saturated carbocycles. The Balaban J connectivity index is 2.29. The van der Waals surface area contributed by atoms with Gasteiger partial charge in [0.25, 0.3) is 0 Å². The molecule has 112 valence electrons. The number of likely N-dealkylation sites (N-methyl/N-ethyl adjacent to an activating group) is 2. The van der Waals surface area contributed by atoms with Crippen LogP contribution in [0.1, 0.15) is 24.3 Å². The predicted octanol–water partition coefficient (Wildman–Crippen LogP) is 1.45. The number of carbonyl (C=O) groups is 2. The summed E-state index contributed by atoms with van der Waals surface area (Å²) < 4.78 is 1.72. The van der Waals surface area contributed by atoms with Crippen molar-refractivity contribution in [2.24, 2.45) is 0 Å². The Morgan fingerprint density at radius 2 is 2.05 bits per heavy atom. The number of amides is 1. The molecule has 0 atom stereocenters. The molecule has 0 aliphatic heterocycles. The van der Waals surface area contributed by atoms with Gasteiger partial charge in [0, 0.05) is 26.3 Å². The highest BCUT2D eigenvalue weighted by Gasteiger charge is 2.19. The zero-order valence-electron chi connectivity index (χ0n) is 12.6. The van der Waals surface area contributed by atoms with E-state index in [9.17, 15) is 9.59 Å². The normalized spacial score (nSPS) is 10.6. The van der Waals surface area contributed by atoms with E-state index in [4.69, 9.17) is 0 Å². The maximum Gasteiger partial charge on any atom is 0.242 e. The highest BCUT2D eigenvalue weighted by Crippen LogP contribution is 2.19. The van der Waals surface area contributed by atoms with E-state index in [1.54, 1.807) is 27.4 Å². The summed E-state index contributed by atoms with van der Waals surface area (Å²) >= 11 is 0. The summed E-state index contributed by atoms with van der Waals surface area (Å²) in [5.74, 6) is 0.549. The van der Waals surface area contributed by atoms with Gasteiger partial charge in [0.1, 0.15) is 11.3 Å². The van der Waals surface area contributed by atoms with Crippen molar-refractivity contribution in [1.29, 1.82) is 0 Å². The van der Waals surface area contributed by atoms with Crippen molar-refractivity contribution in [3.63, 3.8) is 0 Å². The fraction of sp³-hybridized carbons (Fsp3) is 0.400. The summed E-state index contributed by atoms with van der Waals surface area (Å²) in [6, 6.07) is 5.53. The zero-order valence-corrected chi connectivity index (χ0v) is 12.6. The van der Waals surface area contributed by atoms with Gasteiger partial charge in [-0.2, -0.15) is 0 Å². The molecule has 2 aromatic rings. The quantitative estimate of drug-likeness (QED) is 0.755. The summed E-state index contributed by atoms with van der Waals surface area (Å²) in [4.78, 5) is 31.4. The first-order valence-corrected chi connectivity index (χ1v) is 7.03. The lowest BCUT2D eigenvalue weighted by Gasteiger charge is -2.23. The molecule has 0 fully saturated rings. The summed E-state index contributed by atoms with van der Waals surface area (Å²) in [5, 5.41) is 0. The second-order valence-corrected chi connectivity index (χ2v) is 4.79. The third-order valence-corrected chi connectivity index (χ3v) is 3.51. The van der Waals surface area contributed by atoms with E-state index in [2.05, 4.69) is 4.98 Å². The first kappa shape index (κ1) is 15.0. The molecule has 0 aliphatic carbocycles. The van der Waals surface area contributed by atoms with E-state index < -0.39 is 0 Å². The average molecular weight is 288 g/mol. The molecule has 21 heavy (non-hydrogen) atoms. The van der Waals surface area contributed by atoms with E-state index in [-0.39, 0.29) is 12.5 Å². The maximum atomic E-state index is 12.2. The Bertz CT molecular complexity index is 646. The number of pyridine rings is 1. The SMILES string of the molecule is CCN(CC)C(=O)CN(C)c1nc2ccccn2c1C=O. The molecular formula is C15H20N4O2. The van der Waals surface area contributed by atoms with Gasteiger partial charge >= 0.3 is 0 Å². The van der Waals surface area contributed by atoms with Crippen LogP contribution in [-0.2, 0) is 4.79 Å². The first-order valence-electron chi connectivity index (χ1n) is 7.03. The van der Waals surface area contributed by atoms with E-state index >= 15 is 0 Å². The van der Waals surface area contributed by atoms with Crippen LogP contribution in [0.4, 0.5) is 5.82 Å². The van der Waals surface area contributed by atoms with Crippen LogP contribution >= 0.6 is 0 Å². The molecule has 2 aromatic heterocycles. The van der Waals surface area contributed by atoms with Crippen molar-refractivity contribution in [1.82, 2.24) is 14.3 Å². The van der Waals surface area contributed by atoms with Crippen molar-refractivity contribution < 1.29 is 9.59 Å². The molecule has 0 N–H and O–H groups in total. The molecular weight excluding hydrogens is 268 g/mol. The number of fused-ring (bicyclic) bond motifs is 1. The smallest absolute Gasteiger partial charge is 0.242 e. The number of imidazole rings is 1. The molecule has 1 amide bonds. The van der Waals surface area contributed by atoms with Crippen LogP contribution in [0, 0.1) is 0 Å². The monoisotopic (exact) mass is 288 g/mol. The lowest BCUT2D eigenvalue weighted by atomic mass is 10.4. The molecule has 6 nitrogen and oxygen atoms in total. The Kier molecular flexibility index (Phi) is 4.57. The standard InChI is InChI=1S/C15H20N4O2/c1-4-18(5-2)14(21)10-17(3)15-12(11-20)19-9-7-6-8-13(19)16-15/h6-9,11H,4-5,10H2,1-3H3. The largest absolute Gasteiger partial charge is 0.348 e. The van der Waals surface area contributed by atoms with Crippen molar-refractivity contribution >= 4 is 23.7 Å². The second-order valence-electron chi connectivity index (χ2n) is 4.79. The minimum absolute atomic E-state index is 0.0244. The van der Waals surface area contributed by atoms with Crippen molar-refractivity contribution in [2.45, 2.75) is 13.8 Å². The van der Waals surface area contributed by atoms with E-state index in [1.165, 1.54) is 0 Å². The van der Waals surface area contributed by atoms with Gasteiger partial charge in [-0.1, -0.05) is 6.07 Å². The van der Waals surface area contributed by atoms with Crippen molar-refractivity contribution in [2.75, 3.05) is 31.6 Å². The summed E-state index contributed by atoms with van der Waals surface area (Å²) in [6.45, 7) is 5.45. The summed E-state index contributed by atoms with van der Waals surface area (Å²) in [6.07, 6.45) is 2.56. The van der Waals surface area contributed by atoms with Gasteiger partial charge in [0.15, 0.2) is 12.1 Å². The number of hydrogen-bond acceptors (Lipinski definition) is 4. The van der Waals surface area contributed by atoms with Crippen molar-refractivity contribution in [3.05, 3.63) is 30.1 Å². The minimum Gasteiger partial charge on any atom is -0.348 e. The van der Waals surface area contributed by atoms with E-state index in [0.717, 1.165) is 6.29 Å². The predicted molar refractivity (Wildman–Crippen MR) is 81.8 cm³/mol. The molecule has 2 heterocycles. The molecule has 6 heteroatoms. The van der Waals surface area contributed by atoms with Gasteiger partial charge in [-0.25, -0.2) is 4.98 Å². The number of carbonyl (C=O) groups excluding carboxylic acids is 2. The zero-order chi connectivity index (χ0) is 15.4. The number of anilines is 1. The molecule has 0 saturated heterocycles. The van der Waals surface area contributed by atoms with Gasteiger partial charge < -0.3 is 9.80 Å². The number of aldehydes is 1. The van der Waals surface area contributed by atoms with Crippen LogP contribution in [0.25, 0.3) is 5.65 Å². The van der Waals surface area contributed by atoms with Crippen LogP contribution in [0.15, 0.2) is 24.4 Å². The fourth-order valence-electron chi connectivity index (χ4n) is 2.35. The topological polar surface area (TPSA) is 57.9 Å². The Hall–Kier alpha value is -2.37. The molecule has 0 radical (unpaired) electrons. The molecule has 0 unspecified atom stereocenters. The maximum absolute atomic E-state index is 12.2. The number of aromatic nitrogens is 2. The van der Waals surface area contributed by atoms with Gasteiger partial charge in [0.2, 0.25) is 5.91 Å². The first-order chi connectivity index (χ1) is 10.1. The fourth-order valence-corrected chi connectivity index (χ4v) is 2.35. The van der Waals surface area contributed by atoms with Gasteiger partial charge in [-0.15, -0.1) is 0 Å². The van der Waals surface area contributed by atoms with E-state index in [1.807, 2.05) is 32.0 Å². The van der Waals surface area contributed by atoms with Gasteiger partial charge in [-0.05, 0) is 26.0 Å². The molecule has 0 aliphatic rings. The highest BCUT2D eigenvalue weighted by molar-refractivity contribution is 5.86. The molecule has 0 bridgehead atoms. The van der Waals surface area contributed by atoms with Crippen LogP contribution in [0.3, 0.4) is 0 Å². The number of rotatable bonds is 6. The van der Waals surface area contributed by atoms with Crippen LogP contribution in [0.5, 0.6) is 0 Å².